The van der Waals surface area contributed by atoms with Gasteiger partial charge in [0.05, 0.1) is 5.69 Å². The van der Waals surface area contributed by atoms with Crippen molar-refractivity contribution in [2.45, 2.75) is 37.6 Å². The summed E-state index contributed by atoms with van der Waals surface area (Å²) in [6, 6.07) is 2.33. The summed E-state index contributed by atoms with van der Waals surface area (Å²) in [5, 5.41) is 3.39. The lowest BCUT2D eigenvalue weighted by Gasteiger charge is -2.32. The Bertz CT molecular complexity index is 455. The fourth-order valence-electron chi connectivity index (χ4n) is 2.89. The van der Waals surface area contributed by atoms with Gasteiger partial charge in [-0.1, -0.05) is 0 Å². The van der Waals surface area contributed by atoms with Gasteiger partial charge in [-0.3, -0.25) is 0 Å². The van der Waals surface area contributed by atoms with Crippen LogP contribution in [-0.4, -0.2) is 35.8 Å². The van der Waals surface area contributed by atoms with Crippen molar-refractivity contribution in [3.8, 4) is 0 Å². The van der Waals surface area contributed by atoms with Crippen molar-refractivity contribution >= 4 is 11.8 Å². The van der Waals surface area contributed by atoms with Crippen molar-refractivity contribution < 1.29 is 4.74 Å². The van der Waals surface area contributed by atoms with Gasteiger partial charge in [-0.2, -0.15) is 4.98 Å². The highest BCUT2D eigenvalue weighted by Crippen LogP contribution is 2.35. The highest BCUT2D eigenvalue weighted by molar-refractivity contribution is 5.42. The third-order valence-electron chi connectivity index (χ3n) is 4.27. The van der Waals surface area contributed by atoms with Crippen molar-refractivity contribution in [3.05, 3.63) is 11.8 Å². The molecule has 20 heavy (non-hydrogen) atoms. The molecule has 2 fully saturated rings. The van der Waals surface area contributed by atoms with E-state index in [-0.39, 0.29) is 0 Å². The average molecular weight is 277 g/mol. The van der Waals surface area contributed by atoms with E-state index >= 15 is 0 Å². The van der Waals surface area contributed by atoms with Crippen LogP contribution < -0.4 is 16.8 Å². The second-order valence-corrected chi connectivity index (χ2v) is 5.90. The molecule has 1 aliphatic heterocycles. The number of anilines is 2. The zero-order chi connectivity index (χ0) is 13.9. The van der Waals surface area contributed by atoms with Gasteiger partial charge in [0.1, 0.15) is 5.82 Å². The molecule has 0 radical (unpaired) electrons. The number of aromatic nitrogens is 2. The third-order valence-corrected chi connectivity index (χ3v) is 4.27. The Morgan fingerprint density at radius 1 is 1.25 bits per heavy atom. The molecule has 1 saturated heterocycles. The number of hydrogen-bond donors (Lipinski definition) is 3. The van der Waals surface area contributed by atoms with Crippen LogP contribution in [0.3, 0.4) is 0 Å². The molecular formula is C14H23N5O. The van der Waals surface area contributed by atoms with Crippen LogP contribution in [0.15, 0.2) is 6.07 Å². The summed E-state index contributed by atoms with van der Waals surface area (Å²) >= 11 is 0. The molecule has 0 aromatic carbocycles. The van der Waals surface area contributed by atoms with E-state index in [4.69, 9.17) is 16.2 Å². The van der Waals surface area contributed by atoms with E-state index in [1.165, 1.54) is 0 Å². The Kier molecular flexibility index (Phi) is 4.03. The molecule has 6 heteroatoms. The Morgan fingerprint density at radius 2 is 2.00 bits per heavy atom. The van der Waals surface area contributed by atoms with Gasteiger partial charge in [0.15, 0.2) is 0 Å². The molecule has 0 bridgehead atoms. The number of ether oxygens (including phenoxy) is 1. The molecule has 6 nitrogen and oxygen atoms in total. The molecule has 2 heterocycles. The van der Waals surface area contributed by atoms with Gasteiger partial charge >= 0.3 is 0 Å². The standard InChI is InChI=1S/C14H23N5O/c15-11-5-10(6-11)12-7-13(19-14(16)18-12)17-8-9-1-3-20-4-2-9/h7,9-11H,1-6,8,15H2,(H3,16,17,18,19). The van der Waals surface area contributed by atoms with Gasteiger partial charge in [0.25, 0.3) is 0 Å². The highest BCUT2D eigenvalue weighted by Gasteiger charge is 2.29. The number of nitrogen functional groups attached to an aromatic ring is 1. The van der Waals surface area contributed by atoms with Gasteiger partial charge < -0.3 is 21.5 Å². The van der Waals surface area contributed by atoms with E-state index in [0.717, 1.165) is 57.0 Å². The summed E-state index contributed by atoms with van der Waals surface area (Å²) in [5.41, 5.74) is 12.7. The number of nitrogens with zero attached hydrogens (tertiary/aromatic N) is 2. The smallest absolute Gasteiger partial charge is 0.222 e. The zero-order valence-corrected chi connectivity index (χ0v) is 11.7. The lowest BCUT2D eigenvalue weighted by atomic mass is 9.78. The fourth-order valence-corrected chi connectivity index (χ4v) is 2.89. The van der Waals surface area contributed by atoms with Crippen LogP contribution in [0.25, 0.3) is 0 Å². The number of nitrogens with two attached hydrogens (primary N) is 2. The molecular weight excluding hydrogens is 254 g/mol. The molecule has 5 N–H and O–H groups in total. The topological polar surface area (TPSA) is 99.1 Å². The summed E-state index contributed by atoms with van der Waals surface area (Å²) in [6.07, 6.45) is 4.21. The second-order valence-electron chi connectivity index (χ2n) is 5.90. The van der Waals surface area contributed by atoms with E-state index in [2.05, 4.69) is 15.3 Å². The van der Waals surface area contributed by atoms with Gasteiger partial charge in [-0.15, -0.1) is 0 Å². The first kappa shape index (κ1) is 13.6. The van der Waals surface area contributed by atoms with Crippen molar-refractivity contribution in [2.75, 3.05) is 30.8 Å². The summed E-state index contributed by atoms with van der Waals surface area (Å²) in [4.78, 5) is 8.61. The van der Waals surface area contributed by atoms with Crippen LogP contribution in [0.5, 0.6) is 0 Å². The molecule has 0 unspecified atom stereocenters. The molecule has 2 aliphatic rings. The third kappa shape index (κ3) is 3.19. The lowest BCUT2D eigenvalue weighted by molar-refractivity contribution is 0.0699. The van der Waals surface area contributed by atoms with Crippen molar-refractivity contribution in [2.24, 2.45) is 11.7 Å². The molecule has 1 saturated carbocycles. The summed E-state index contributed by atoms with van der Waals surface area (Å²) < 4.78 is 5.37. The van der Waals surface area contributed by atoms with Crippen LogP contribution in [0.1, 0.15) is 37.3 Å². The maximum absolute atomic E-state index is 5.84. The van der Waals surface area contributed by atoms with Crippen molar-refractivity contribution in [1.82, 2.24) is 9.97 Å². The van der Waals surface area contributed by atoms with Crippen LogP contribution in [0.2, 0.25) is 0 Å². The molecule has 1 aliphatic carbocycles. The summed E-state index contributed by atoms with van der Waals surface area (Å²) in [5.74, 6) is 2.27. The normalized spacial score (nSPS) is 27.1. The van der Waals surface area contributed by atoms with E-state index in [0.29, 0.717) is 23.8 Å². The van der Waals surface area contributed by atoms with Crippen LogP contribution in [0, 0.1) is 5.92 Å². The summed E-state index contributed by atoms with van der Waals surface area (Å²) in [7, 11) is 0. The average Bonchev–Trinajstić information content (AvgIpc) is 2.42. The minimum Gasteiger partial charge on any atom is -0.381 e. The molecule has 1 aromatic heterocycles. The van der Waals surface area contributed by atoms with Gasteiger partial charge in [0.2, 0.25) is 5.95 Å². The van der Waals surface area contributed by atoms with E-state index in [9.17, 15) is 0 Å². The Balaban J connectivity index is 1.60. The minimum atomic E-state index is 0.315. The van der Waals surface area contributed by atoms with Crippen LogP contribution in [0.4, 0.5) is 11.8 Å². The quantitative estimate of drug-likeness (QED) is 0.762. The first-order valence-electron chi connectivity index (χ1n) is 7.42. The van der Waals surface area contributed by atoms with Crippen molar-refractivity contribution in [3.63, 3.8) is 0 Å². The molecule has 0 spiro atoms. The molecule has 0 atom stereocenters. The molecule has 0 amide bonds. The van der Waals surface area contributed by atoms with E-state index in [1.807, 2.05) is 6.07 Å². The first-order chi connectivity index (χ1) is 9.70. The van der Waals surface area contributed by atoms with Gasteiger partial charge in [-0.25, -0.2) is 4.98 Å². The van der Waals surface area contributed by atoms with Crippen LogP contribution in [-0.2, 0) is 4.74 Å². The number of rotatable bonds is 4. The zero-order valence-electron chi connectivity index (χ0n) is 11.7. The van der Waals surface area contributed by atoms with Crippen LogP contribution >= 0.6 is 0 Å². The first-order valence-corrected chi connectivity index (χ1v) is 7.42. The van der Waals surface area contributed by atoms with Gasteiger partial charge in [-0.05, 0) is 31.6 Å². The Morgan fingerprint density at radius 3 is 2.70 bits per heavy atom. The Hall–Kier alpha value is -1.40. The number of hydrogen-bond acceptors (Lipinski definition) is 6. The fraction of sp³-hybridized carbons (Fsp3) is 0.714. The van der Waals surface area contributed by atoms with Gasteiger partial charge in [0, 0.05) is 37.8 Å². The van der Waals surface area contributed by atoms with E-state index in [1.54, 1.807) is 0 Å². The second kappa shape index (κ2) is 5.93. The SMILES string of the molecule is Nc1nc(NCC2CCOCC2)cc(C2CC(N)C2)n1. The lowest BCUT2D eigenvalue weighted by Crippen LogP contribution is -2.35. The summed E-state index contributed by atoms with van der Waals surface area (Å²) in [6.45, 7) is 2.65. The molecule has 1 aromatic rings. The van der Waals surface area contributed by atoms with E-state index < -0.39 is 0 Å². The predicted octanol–water partition coefficient (Wildman–Crippen LogP) is 1.10. The maximum Gasteiger partial charge on any atom is 0.222 e. The number of nitrogens with one attached hydrogen (secondary N) is 1. The monoisotopic (exact) mass is 277 g/mol. The highest BCUT2D eigenvalue weighted by atomic mass is 16.5. The van der Waals surface area contributed by atoms with Crippen molar-refractivity contribution in [1.29, 1.82) is 0 Å². The largest absolute Gasteiger partial charge is 0.381 e. The minimum absolute atomic E-state index is 0.315. The predicted molar refractivity (Wildman–Crippen MR) is 78.4 cm³/mol. The maximum atomic E-state index is 5.84. The Labute approximate surface area is 119 Å². The molecule has 3 rings (SSSR count). The molecule has 110 valence electrons.